The first-order valence-electron chi connectivity index (χ1n) is 8.93. The second-order valence-corrected chi connectivity index (χ2v) is 7.71. The molecule has 5 heteroatoms. The van der Waals surface area contributed by atoms with Crippen LogP contribution >= 0.6 is 11.8 Å². The molecule has 3 rings (SSSR count). The predicted molar refractivity (Wildman–Crippen MR) is 106 cm³/mol. The summed E-state index contributed by atoms with van der Waals surface area (Å²) < 4.78 is 0. The minimum atomic E-state index is -0.492. The fourth-order valence-corrected chi connectivity index (χ4v) is 4.12. The molecule has 0 saturated carbocycles. The Bertz CT molecular complexity index is 792. The maximum atomic E-state index is 12.7. The zero-order valence-corrected chi connectivity index (χ0v) is 15.8. The molecule has 2 aromatic rings. The highest BCUT2D eigenvalue weighted by atomic mass is 32.2. The van der Waals surface area contributed by atoms with E-state index in [1.54, 1.807) is 11.8 Å². The summed E-state index contributed by atoms with van der Waals surface area (Å²) in [5.41, 5.74) is 1.41. The Labute approximate surface area is 159 Å². The van der Waals surface area contributed by atoms with Crippen LogP contribution in [0.1, 0.15) is 25.3 Å². The number of thioether (sulfide) groups is 1. The number of urea groups is 1. The van der Waals surface area contributed by atoms with Gasteiger partial charge in [-0.05, 0) is 36.3 Å². The van der Waals surface area contributed by atoms with Crippen molar-refractivity contribution in [1.29, 1.82) is 5.26 Å². The fourth-order valence-electron chi connectivity index (χ4n) is 3.36. The molecule has 0 spiro atoms. The average molecular weight is 366 g/mol. The monoisotopic (exact) mass is 365 g/mol. The Morgan fingerprint density at radius 2 is 1.81 bits per heavy atom. The summed E-state index contributed by atoms with van der Waals surface area (Å²) >= 11 is 1.71. The molecule has 26 heavy (non-hydrogen) atoms. The second kappa shape index (κ2) is 8.29. The van der Waals surface area contributed by atoms with Crippen LogP contribution < -0.4 is 5.32 Å². The van der Waals surface area contributed by atoms with E-state index in [9.17, 15) is 10.1 Å². The van der Waals surface area contributed by atoms with E-state index in [2.05, 4.69) is 18.3 Å². The topological polar surface area (TPSA) is 56.1 Å². The van der Waals surface area contributed by atoms with Crippen LogP contribution in [0.15, 0.2) is 59.5 Å². The van der Waals surface area contributed by atoms with Gasteiger partial charge in [-0.15, -0.1) is 11.8 Å². The molecule has 1 heterocycles. The van der Waals surface area contributed by atoms with Gasteiger partial charge in [0.05, 0.1) is 17.2 Å². The van der Waals surface area contributed by atoms with Crippen LogP contribution in [0.5, 0.6) is 0 Å². The number of amides is 2. The summed E-state index contributed by atoms with van der Waals surface area (Å²) in [5, 5.41) is 12.8. The van der Waals surface area contributed by atoms with Gasteiger partial charge >= 0.3 is 6.03 Å². The van der Waals surface area contributed by atoms with Crippen LogP contribution in [-0.4, -0.2) is 29.8 Å². The number of nitrogens with one attached hydrogen (secondary N) is 1. The van der Waals surface area contributed by atoms with Gasteiger partial charge in [0.1, 0.15) is 0 Å². The van der Waals surface area contributed by atoms with Crippen molar-refractivity contribution in [2.24, 2.45) is 0 Å². The number of para-hydroxylation sites is 1. The Morgan fingerprint density at radius 3 is 2.46 bits per heavy atom. The van der Waals surface area contributed by atoms with Gasteiger partial charge in [-0.2, -0.15) is 5.26 Å². The third-order valence-electron chi connectivity index (χ3n) is 4.87. The number of hydrogen-bond acceptors (Lipinski definition) is 3. The van der Waals surface area contributed by atoms with Gasteiger partial charge in [-0.25, -0.2) is 4.79 Å². The SMILES string of the molecule is CCSc1ccccc1NC(=O)N1CCC(C#N)(c2ccccc2)CC1. The number of benzene rings is 2. The van der Waals surface area contributed by atoms with Gasteiger partial charge in [0.15, 0.2) is 0 Å². The number of rotatable bonds is 4. The molecule has 134 valence electrons. The molecule has 1 fully saturated rings. The lowest BCUT2D eigenvalue weighted by Gasteiger charge is -2.37. The molecule has 2 amide bonds. The van der Waals surface area contributed by atoms with Crippen LogP contribution in [0.25, 0.3) is 0 Å². The van der Waals surface area contributed by atoms with Gasteiger partial charge in [-0.3, -0.25) is 0 Å². The molecule has 0 bridgehead atoms. The van der Waals surface area contributed by atoms with Gasteiger partial charge in [-0.1, -0.05) is 49.4 Å². The Morgan fingerprint density at radius 1 is 1.15 bits per heavy atom. The Balaban J connectivity index is 1.67. The zero-order chi connectivity index (χ0) is 18.4. The number of nitrogens with zero attached hydrogens (tertiary/aromatic N) is 2. The third-order valence-corrected chi connectivity index (χ3v) is 5.83. The van der Waals surface area contributed by atoms with Crippen molar-refractivity contribution in [3.63, 3.8) is 0 Å². The predicted octanol–water partition coefficient (Wildman–Crippen LogP) is 4.89. The van der Waals surface area contributed by atoms with E-state index < -0.39 is 5.41 Å². The van der Waals surface area contributed by atoms with E-state index in [1.165, 1.54) is 0 Å². The molecule has 2 aromatic carbocycles. The molecular formula is C21H23N3OS. The number of nitriles is 1. The number of carbonyl (C=O) groups excluding carboxylic acids is 1. The number of hydrogen-bond donors (Lipinski definition) is 1. The summed E-state index contributed by atoms with van der Waals surface area (Å²) in [7, 11) is 0. The highest BCUT2D eigenvalue weighted by Crippen LogP contribution is 2.35. The largest absolute Gasteiger partial charge is 0.324 e. The first kappa shape index (κ1) is 18.3. The van der Waals surface area contributed by atoms with E-state index in [0.717, 1.165) is 21.9 Å². The Kier molecular flexibility index (Phi) is 5.85. The molecule has 0 aliphatic carbocycles. The summed E-state index contributed by atoms with van der Waals surface area (Å²) in [5.74, 6) is 0.957. The minimum absolute atomic E-state index is 0.0891. The van der Waals surface area contributed by atoms with Crippen molar-refractivity contribution >= 4 is 23.5 Å². The van der Waals surface area contributed by atoms with Gasteiger partial charge in [0.25, 0.3) is 0 Å². The average Bonchev–Trinajstić information content (AvgIpc) is 2.70. The molecule has 0 atom stereocenters. The lowest BCUT2D eigenvalue weighted by atomic mass is 9.74. The van der Waals surface area contributed by atoms with Crippen molar-refractivity contribution in [3.8, 4) is 6.07 Å². The van der Waals surface area contributed by atoms with Crippen LogP contribution in [0, 0.1) is 11.3 Å². The summed E-state index contributed by atoms with van der Waals surface area (Å²) in [6, 6.07) is 20.2. The molecule has 1 N–H and O–H groups in total. The normalized spacial score (nSPS) is 15.9. The molecule has 4 nitrogen and oxygen atoms in total. The van der Waals surface area contributed by atoms with Crippen LogP contribution in [0.2, 0.25) is 0 Å². The van der Waals surface area contributed by atoms with Crippen LogP contribution in [0.3, 0.4) is 0 Å². The molecule has 0 aromatic heterocycles. The molecule has 1 aliphatic heterocycles. The first-order valence-corrected chi connectivity index (χ1v) is 9.91. The van der Waals surface area contributed by atoms with Gasteiger partial charge < -0.3 is 10.2 Å². The third kappa shape index (κ3) is 3.86. The molecule has 1 aliphatic rings. The summed E-state index contributed by atoms with van der Waals surface area (Å²) in [6.07, 6.45) is 1.32. The number of anilines is 1. The lowest BCUT2D eigenvalue weighted by molar-refractivity contribution is 0.183. The number of carbonyl (C=O) groups is 1. The summed E-state index contributed by atoms with van der Waals surface area (Å²) in [4.78, 5) is 15.6. The fraction of sp³-hybridized carbons (Fsp3) is 0.333. The smallest absolute Gasteiger partial charge is 0.321 e. The maximum Gasteiger partial charge on any atom is 0.321 e. The van der Waals surface area contributed by atoms with E-state index in [0.29, 0.717) is 25.9 Å². The summed E-state index contributed by atoms with van der Waals surface area (Å²) in [6.45, 7) is 3.26. The quantitative estimate of drug-likeness (QED) is 0.785. The van der Waals surface area contributed by atoms with Gasteiger partial charge in [0, 0.05) is 18.0 Å². The highest BCUT2D eigenvalue weighted by molar-refractivity contribution is 7.99. The van der Waals surface area contributed by atoms with Gasteiger partial charge in [0.2, 0.25) is 0 Å². The Hall–Kier alpha value is -2.45. The number of piperidine rings is 1. The molecular weight excluding hydrogens is 342 g/mol. The van der Waals surface area contributed by atoms with Crippen LogP contribution in [-0.2, 0) is 5.41 Å². The molecule has 1 saturated heterocycles. The van der Waals surface area contributed by atoms with E-state index in [1.807, 2.05) is 59.5 Å². The van der Waals surface area contributed by atoms with Crippen molar-refractivity contribution in [3.05, 3.63) is 60.2 Å². The molecule has 0 unspecified atom stereocenters. The van der Waals surface area contributed by atoms with E-state index >= 15 is 0 Å². The first-order chi connectivity index (χ1) is 12.7. The standard InChI is InChI=1S/C21H23N3OS/c1-2-26-19-11-7-6-10-18(19)23-20(25)24-14-12-21(16-22,13-15-24)17-8-4-3-5-9-17/h3-11H,2,12-15H2,1H3,(H,23,25). The van der Waals surface area contributed by atoms with Crippen molar-refractivity contribution in [1.82, 2.24) is 4.90 Å². The van der Waals surface area contributed by atoms with E-state index in [4.69, 9.17) is 0 Å². The van der Waals surface area contributed by atoms with Crippen molar-refractivity contribution in [2.45, 2.75) is 30.1 Å². The highest BCUT2D eigenvalue weighted by Gasteiger charge is 2.37. The van der Waals surface area contributed by atoms with E-state index in [-0.39, 0.29) is 6.03 Å². The maximum absolute atomic E-state index is 12.7. The second-order valence-electron chi connectivity index (χ2n) is 6.41. The van der Waals surface area contributed by atoms with Crippen LogP contribution in [0.4, 0.5) is 10.5 Å². The van der Waals surface area contributed by atoms with Crippen molar-refractivity contribution < 1.29 is 4.79 Å². The zero-order valence-electron chi connectivity index (χ0n) is 14.9. The lowest BCUT2D eigenvalue weighted by Crippen LogP contribution is -2.46. The number of likely N-dealkylation sites (tertiary alicyclic amines) is 1. The van der Waals surface area contributed by atoms with Crippen molar-refractivity contribution in [2.75, 3.05) is 24.2 Å². The minimum Gasteiger partial charge on any atom is -0.324 e. The molecule has 0 radical (unpaired) electrons.